The minimum Gasteiger partial charge on any atom is -0.508 e. The normalized spacial score (nSPS) is 14.1. The minimum absolute atomic E-state index is 0.0689. The average molecular weight is 1490 g/mol. The van der Waals surface area contributed by atoms with E-state index in [1.807, 2.05) is 97.1 Å². The van der Waals surface area contributed by atoms with Crippen molar-refractivity contribution in [3.8, 4) is 96.5 Å². The fourth-order valence-electron chi connectivity index (χ4n) is 13.5. The lowest BCUT2D eigenvalue weighted by atomic mass is 9.94. The van der Waals surface area contributed by atoms with Gasteiger partial charge in [0.25, 0.3) is 0 Å². The number of ether oxygens (including phenoxy) is 3. The van der Waals surface area contributed by atoms with Gasteiger partial charge in [0, 0.05) is 101 Å². The van der Waals surface area contributed by atoms with Crippen LogP contribution in [-0.4, -0.2) is 139 Å². The van der Waals surface area contributed by atoms with Crippen molar-refractivity contribution < 1.29 is 52.0 Å². The highest BCUT2D eigenvalue weighted by molar-refractivity contribution is 6.34. The van der Waals surface area contributed by atoms with Crippen LogP contribution >= 0.6 is 34.8 Å². The van der Waals surface area contributed by atoms with Gasteiger partial charge in [-0.15, -0.1) is 0 Å². The number of carbonyl (C=O) groups excluding carboxylic acids is 2. The number of likely N-dealkylation sites (tertiary alicyclic amines) is 3. The summed E-state index contributed by atoms with van der Waals surface area (Å²) in [6.45, 7) is 15.1. The molecule has 13 aromatic rings. The lowest BCUT2D eigenvalue weighted by Gasteiger charge is -2.38. The Labute approximate surface area is 632 Å². The van der Waals surface area contributed by atoms with E-state index in [1.165, 1.54) is 36.8 Å². The summed E-state index contributed by atoms with van der Waals surface area (Å²) in [5.41, 5.74) is 9.47. The molecule has 0 bridgehead atoms. The topological polar surface area (TPSA) is 219 Å². The molecule has 3 aliphatic rings. The predicted octanol–water partition coefficient (Wildman–Crippen LogP) is 18.9. The number of H-pyrrole nitrogens is 1. The van der Waals surface area contributed by atoms with E-state index < -0.39 is 11.6 Å². The number of phenols is 2. The van der Waals surface area contributed by atoms with Gasteiger partial charge in [-0.05, 0) is 172 Å². The second-order valence-corrected chi connectivity index (χ2v) is 27.8. The molecule has 3 N–H and O–H groups in total. The quantitative estimate of drug-likeness (QED) is 0.0479. The van der Waals surface area contributed by atoms with Gasteiger partial charge in [-0.25, -0.2) is 4.39 Å². The SMILES string of the molecule is CCCN1CC(Oc2ccc(C(=O)c3c(-c4ccccc4Cl)noc3-c3ccc(O)cc3)cc2F)C1.CCCN1CC(Oc2ccc(C(=O)c3c(-c4ccccc4Cl)noc3-c3cccc4[nH]ncc34)cc2)C1.CCCN1CC(Oc2ccc(Cc3c(-c4ccccc4Cl)noc3-c3ccc(O)cc3)cc2)C1. The summed E-state index contributed by atoms with van der Waals surface area (Å²) in [5.74, 6) is 1.96. The van der Waals surface area contributed by atoms with Crippen LogP contribution in [-0.2, 0) is 6.42 Å². The van der Waals surface area contributed by atoms with E-state index in [2.05, 4.69) is 73.3 Å². The summed E-state index contributed by atoms with van der Waals surface area (Å²) < 4.78 is 50.2. The van der Waals surface area contributed by atoms with Gasteiger partial charge in [-0.1, -0.05) is 150 Å². The average Bonchev–Trinajstić information content (AvgIpc) is 1.64. The Morgan fingerprint density at radius 3 is 1.43 bits per heavy atom. The highest BCUT2D eigenvalue weighted by Crippen LogP contribution is 2.43. The van der Waals surface area contributed by atoms with Crippen molar-refractivity contribution >= 4 is 57.3 Å². The van der Waals surface area contributed by atoms with Crippen molar-refractivity contribution in [2.45, 2.75) is 64.8 Å². The van der Waals surface area contributed by atoms with Gasteiger partial charge in [0.15, 0.2) is 40.4 Å². The number of benzene rings is 9. The molecule has 0 saturated carbocycles. The molecule has 22 heteroatoms. The number of nitrogens with one attached hydrogen (secondary N) is 1. The maximum atomic E-state index is 15.0. The zero-order valence-corrected chi connectivity index (χ0v) is 61.2. The molecule has 9 aromatic carbocycles. The third-order valence-corrected chi connectivity index (χ3v) is 19.9. The second-order valence-electron chi connectivity index (χ2n) is 26.6. The van der Waals surface area contributed by atoms with Crippen LogP contribution < -0.4 is 14.2 Å². The van der Waals surface area contributed by atoms with Gasteiger partial charge in [0.05, 0.1) is 37.9 Å². The van der Waals surface area contributed by atoms with E-state index >= 15 is 0 Å². The molecule has 0 unspecified atom stereocenters. The molecule has 0 radical (unpaired) electrons. The summed E-state index contributed by atoms with van der Waals surface area (Å²) in [6.07, 6.45) is 6.08. The zero-order chi connectivity index (χ0) is 74.1. The van der Waals surface area contributed by atoms with E-state index in [9.17, 15) is 24.2 Å². The fourth-order valence-corrected chi connectivity index (χ4v) is 14.1. The summed E-state index contributed by atoms with van der Waals surface area (Å²) >= 11 is 19.4. The van der Waals surface area contributed by atoms with Gasteiger partial charge < -0.3 is 38.0 Å². The molecule has 0 amide bonds. The van der Waals surface area contributed by atoms with Crippen LogP contribution in [0.3, 0.4) is 0 Å². The summed E-state index contributed by atoms with van der Waals surface area (Å²) in [6, 6.07) is 60.4. The van der Waals surface area contributed by atoms with Gasteiger partial charge in [-0.2, -0.15) is 5.10 Å². The number of aromatic amines is 1. The van der Waals surface area contributed by atoms with Gasteiger partial charge in [0.2, 0.25) is 0 Å². The number of rotatable bonds is 24. The van der Waals surface area contributed by atoms with Crippen molar-refractivity contribution in [3.05, 3.63) is 267 Å². The first-order chi connectivity index (χ1) is 52.2. The minimum atomic E-state index is -0.614. The van der Waals surface area contributed by atoms with Crippen LogP contribution in [0.15, 0.2) is 226 Å². The van der Waals surface area contributed by atoms with Crippen molar-refractivity contribution in [1.82, 2.24) is 40.4 Å². The van der Waals surface area contributed by atoms with Crippen LogP contribution in [0.25, 0.3) is 78.6 Å². The fraction of sp³-hybridized carbons (Fsp3) is 0.224. The van der Waals surface area contributed by atoms with E-state index in [1.54, 1.807) is 72.9 Å². The number of nitrogens with zero attached hydrogens (tertiary/aromatic N) is 7. The zero-order valence-electron chi connectivity index (χ0n) is 58.9. The Bertz CT molecular complexity index is 5240. The van der Waals surface area contributed by atoms with Crippen LogP contribution in [0.4, 0.5) is 4.39 Å². The van der Waals surface area contributed by atoms with Crippen molar-refractivity contribution in [2.24, 2.45) is 0 Å². The molecular weight excluding hydrogens is 1420 g/mol. The first-order valence-corrected chi connectivity index (χ1v) is 36.8. The third-order valence-electron chi connectivity index (χ3n) is 18.9. The highest BCUT2D eigenvalue weighted by atomic mass is 35.5. The molecule has 16 rings (SSSR count). The standard InChI is InChI=1S/C29H25ClN4O3.C28H24ClFN2O4.C28H27ClN2O3/c1-2-14-34-16-20(17-34)36-19-12-10-18(11-13-19)28(35)26-27(22-6-3-4-8-24(22)30)33-37-29(26)21-7-5-9-25-23(21)15-31-32-25;1-2-13-32-15-20(16-32)35-24-12-9-18(14-23(24)30)27(34)25-26(21-5-3-4-6-22(21)29)31-36-28(25)17-7-10-19(33)11-8-17;1-2-15-31-17-23(18-31)33-22-13-7-19(8-14-22)16-25-27(24-5-3-4-6-26(24)29)30-34-28(25)20-9-11-21(32)12-10-20/h3-13,15,20H,2,14,16-17H2,1H3,(H,31,32);3-12,14,20,33H,2,13,15-16H2,1H3;3-14,23,32H,2,15-18H2,1H3. The van der Waals surface area contributed by atoms with Crippen molar-refractivity contribution in [2.75, 3.05) is 58.9 Å². The molecule has 107 heavy (non-hydrogen) atoms. The molecule has 544 valence electrons. The Morgan fingerprint density at radius 2 is 0.916 bits per heavy atom. The number of halogens is 4. The first-order valence-electron chi connectivity index (χ1n) is 35.7. The number of hydrogen-bond acceptors (Lipinski definition) is 17. The van der Waals surface area contributed by atoms with Gasteiger partial charge in [0.1, 0.15) is 58.4 Å². The Hall–Kier alpha value is -10.9. The van der Waals surface area contributed by atoms with Gasteiger partial charge >= 0.3 is 0 Å². The molecule has 18 nitrogen and oxygen atoms in total. The monoisotopic (exact) mass is 1490 g/mol. The number of hydrogen-bond donors (Lipinski definition) is 3. The van der Waals surface area contributed by atoms with Crippen molar-refractivity contribution in [3.63, 3.8) is 0 Å². The van der Waals surface area contributed by atoms with E-state index in [-0.39, 0.29) is 63.9 Å². The third kappa shape index (κ3) is 16.6. The Balaban J connectivity index is 0.000000135. The molecule has 3 saturated heterocycles. The molecule has 0 spiro atoms. The first kappa shape index (κ1) is 73.0. The molecular formula is C85H76Cl3FN8O10. The largest absolute Gasteiger partial charge is 0.508 e. The number of ketones is 2. The molecule has 3 fully saturated rings. The highest BCUT2D eigenvalue weighted by Gasteiger charge is 2.34. The Kier molecular flexibility index (Phi) is 22.7. The Morgan fingerprint density at radius 1 is 0.486 bits per heavy atom. The smallest absolute Gasteiger partial charge is 0.199 e. The molecule has 7 heterocycles. The second kappa shape index (κ2) is 33.3. The van der Waals surface area contributed by atoms with E-state index in [4.69, 9.17) is 62.6 Å². The number of carbonyl (C=O) groups is 2. The summed E-state index contributed by atoms with van der Waals surface area (Å²) in [7, 11) is 0. The van der Waals surface area contributed by atoms with Gasteiger partial charge in [-0.3, -0.25) is 29.4 Å². The molecule has 3 aliphatic heterocycles. The maximum absolute atomic E-state index is 15.0. The summed E-state index contributed by atoms with van der Waals surface area (Å²) in [5, 5.41) is 41.7. The van der Waals surface area contributed by atoms with E-state index in [0.717, 1.165) is 128 Å². The maximum Gasteiger partial charge on any atom is 0.199 e. The van der Waals surface area contributed by atoms with E-state index in [0.29, 0.717) is 66.5 Å². The number of aromatic hydroxyl groups is 2. The number of fused-ring (bicyclic) bond motifs is 1. The summed E-state index contributed by atoms with van der Waals surface area (Å²) in [4.78, 5) is 34.7. The van der Waals surface area contributed by atoms with Crippen LogP contribution in [0.1, 0.15) is 83.0 Å². The van der Waals surface area contributed by atoms with Crippen LogP contribution in [0.2, 0.25) is 15.1 Å². The lowest BCUT2D eigenvalue weighted by molar-refractivity contribution is 0.0179. The van der Waals surface area contributed by atoms with Crippen LogP contribution in [0.5, 0.6) is 28.7 Å². The van der Waals surface area contributed by atoms with Crippen molar-refractivity contribution in [1.29, 1.82) is 0 Å². The molecule has 4 aromatic heterocycles. The number of aromatic nitrogens is 5. The molecule has 0 aliphatic carbocycles. The van der Waals surface area contributed by atoms with Crippen LogP contribution in [0, 0.1) is 5.82 Å². The lowest BCUT2D eigenvalue weighted by Crippen LogP contribution is -2.53. The predicted molar refractivity (Wildman–Crippen MR) is 413 cm³/mol. The number of phenolic OH excluding ortho intramolecular Hbond substituents is 2. The molecule has 0 atom stereocenters.